The zero-order valence-electron chi connectivity index (χ0n) is 9.73. The van der Waals surface area contributed by atoms with Gasteiger partial charge >= 0.3 is 6.18 Å². The van der Waals surface area contributed by atoms with Gasteiger partial charge in [0, 0.05) is 6.07 Å². The van der Waals surface area contributed by atoms with Gasteiger partial charge in [-0.1, -0.05) is 12.1 Å². The van der Waals surface area contributed by atoms with Crippen LogP contribution in [0, 0.1) is 0 Å². The predicted octanol–water partition coefficient (Wildman–Crippen LogP) is 2.23. The summed E-state index contributed by atoms with van der Waals surface area (Å²) in [6.45, 7) is 0. The molecule has 2 aromatic rings. The van der Waals surface area contributed by atoms with E-state index in [2.05, 4.69) is 5.10 Å². The van der Waals surface area contributed by atoms with Crippen LogP contribution in [-0.2, 0) is 6.18 Å². The summed E-state index contributed by atoms with van der Waals surface area (Å²) in [5.41, 5.74) is -0.827. The van der Waals surface area contributed by atoms with Crippen LogP contribution >= 0.6 is 0 Å². The third kappa shape index (κ3) is 1.68. The van der Waals surface area contributed by atoms with Crippen molar-refractivity contribution >= 4 is 17.6 Å². The van der Waals surface area contributed by atoms with Crippen molar-refractivity contribution in [3.8, 4) is 0 Å². The Labute approximate surface area is 110 Å². The number of benzene rings is 1. The summed E-state index contributed by atoms with van der Waals surface area (Å²) in [5.74, 6) is -1.75. The van der Waals surface area contributed by atoms with E-state index in [9.17, 15) is 22.8 Å². The van der Waals surface area contributed by atoms with Crippen molar-refractivity contribution in [3.05, 3.63) is 47.2 Å². The molecule has 0 bridgehead atoms. The van der Waals surface area contributed by atoms with E-state index in [1.54, 1.807) is 17.2 Å². The minimum atomic E-state index is -4.62. The number of H-pyrrole nitrogens is 1. The molecule has 1 aliphatic rings. The smallest absolute Gasteiger partial charge is 0.271 e. The van der Waals surface area contributed by atoms with Gasteiger partial charge in [0.25, 0.3) is 11.8 Å². The van der Waals surface area contributed by atoms with Crippen molar-refractivity contribution in [1.29, 1.82) is 0 Å². The van der Waals surface area contributed by atoms with Gasteiger partial charge in [-0.2, -0.15) is 18.3 Å². The van der Waals surface area contributed by atoms with E-state index < -0.39 is 23.7 Å². The number of aromatic amines is 1. The molecule has 3 rings (SSSR count). The number of imide groups is 1. The van der Waals surface area contributed by atoms with Crippen LogP contribution in [0.15, 0.2) is 30.3 Å². The first kappa shape index (κ1) is 12.4. The highest BCUT2D eigenvalue weighted by molar-refractivity contribution is 6.34. The van der Waals surface area contributed by atoms with E-state index >= 15 is 0 Å². The predicted molar refractivity (Wildman–Crippen MR) is 61.2 cm³/mol. The molecule has 1 N–H and O–H groups in total. The molecule has 1 aliphatic heterocycles. The molecule has 8 heteroatoms. The number of carbonyl (C=O) groups excluding carboxylic acids is 2. The molecule has 0 spiro atoms. The lowest BCUT2D eigenvalue weighted by atomic mass is 10.1. The van der Waals surface area contributed by atoms with Gasteiger partial charge in [-0.25, -0.2) is 4.90 Å². The fraction of sp³-hybridized carbons (Fsp3) is 0.0833. The molecule has 0 fully saturated rings. The van der Waals surface area contributed by atoms with Crippen molar-refractivity contribution < 1.29 is 22.8 Å². The van der Waals surface area contributed by atoms with E-state index in [1.165, 1.54) is 12.1 Å². The van der Waals surface area contributed by atoms with Gasteiger partial charge in [0.2, 0.25) is 0 Å². The number of fused-ring (bicyclic) bond motifs is 1. The van der Waals surface area contributed by atoms with Gasteiger partial charge in [0.05, 0.1) is 11.1 Å². The lowest BCUT2D eigenvalue weighted by Gasteiger charge is -2.09. The van der Waals surface area contributed by atoms with Crippen molar-refractivity contribution in [2.24, 2.45) is 0 Å². The van der Waals surface area contributed by atoms with Gasteiger partial charge in [0.15, 0.2) is 5.82 Å². The van der Waals surface area contributed by atoms with Crippen LogP contribution < -0.4 is 4.90 Å². The number of alkyl halides is 3. The van der Waals surface area contributed by atoms with Crippen LogP contribution in [0.5, 0.6) is 0 Å². The van der Waals surface area contributed by atoms with Crippen LogP contribution in [0.1, 0.15) is 26.4 Å². The SMILES string of the molecule is O=C1c2ccccc2C(=O)N1c1cc(C(F)(F)F)[nH]n1. The number of amides is 2. The zero-order chi connectivity index (χ0) is 14.5. The van der Waals surface area contributed by atoms with E-state index in [-0.39, 0.29) is 16.9 Å². The molecule has 1 aromatic carbocycles. The van der Waals surface area contributed by atoms with Gasteiger partial charge in [-0.3, -0.25) is 14.7 Å². The number of hydrogen-bond acceptors (Lipinski definition) is 3. The van der Waals surface area contributed by atoms with Crippen LogP contribution in [0.25, 0.3) is 0 Å². The third-order valence-electron chi connectivity index (χ3n) is 2.89. The standard InChI is InChI=1S/C12H6F3N3O2/c13-12(14,15)8-5-9(17-16-8)18-10(19)6-3-1-2-4-7(6)11(18)20/h1-5H,(H,16,17). The Hall–Kier alpha value is -2.64. The van der Waals surface area contributed by atoms with Crippen molar-refractivity contribution in [1.82, 2.24) is 10.2 Å². The first-order valence-electron chi connectivity index (χ1n) is 5.50. The Kier molecular flexibility index (Phi) is 2.43. The maximum atomic E-state index is 12.5. The molecular formula is C12H6F3N3O2. The molecule has 102 valence electrons. The first-order valence-corrected chi connectivity index (χ1v) is 5.50. The number of hydrogen-bond donors (Lipinski definition) is 1. The quantitative estimate of drug-likeness (QED) is 0.815. The van der Waals surface area contributed by atoms with Crippen LogP contribution in [0.3, 0.4) is 0 Å². The van der Waals surface area contributed by atoms with Crippen LogP contribution in [-0.4, -0.2) is 22.0 Å². The minimum absolute atomic E-state index is 0.147. The summed E-state index contributed by atoms with van der Waals surface area (Å²) >= 11 is 0. The molecule has 1 aromatic heterocycles. The summed E-state index contributed by atoms with van der Waals surface area (Å²) in [5, 5.41) is 5.16. The Morgan fingerprint density at radius 1 is 1.05 bits per heavy atom. The Morgan fingerprint density at radius 2 is 1.60 bits per heavy atom. The highest BCUT2D eigenvalue weighted by Gasteiger charge is 2.40. The Balaban J connectivity index is 2.03. The topological polar surface area (TPSA) is 66.1 Å². The first-order chi connectivity index (χ1) is 9.39. The molecule has 2 heterocycles. The van der Waals surface area contributed by atoms with Gasteiger partial charge in [0.1, 0.15) is 5.69 Å². The maximum absolute atomic E-state index is 12.5. The molecular weight excluding hydrogens is 275 g/mol. The number of nitrogens with zero attached hydrogens (tertiary/aromatic N) is 2. The van der Waals surface area contributed by atoms with E-state index in [4.69, 9.17) is 0 Å². The third-order valence-corrected chi connectivity index (χ3v) is 2.89. The number of aromatic nitrogens is 2. The average molecular weight is 281 g/mol. The Morgan fingerprint density at radius 3 is 2.05 bits per heavy atom. The van der Waals surface area contributed by atoms with Crippen molar-refractivity contribution in [2.45, 2.75) is 6.18 Å². The summed E-state index contributed by atoms with van der Waals surface area (Å²) in [7, 11) is 0. The Bertz CT molecular complexity index is 686. The molecule has 0 aliphatic carbocycles. The van der Waals surface area contributed by atoms with E-state index in [0.29, 0.717) is 11.0 Å². The largest absolute Gasteiger partial charge is 0.432 e. The molecule has 0 saturated heterocycles. The monoisotopic (exact) mass is 281 g/mol. The summed E-state index contributed by atoms with van der Waals surface area (Å²) in [6, 6.07) is 6.64. The molecule has 0 unspecified atom stereocenters. The summed E-state index contributed by atoms with van der Waals surface area (Å²) in [6.07, 6.45) is -4.62. The molecule has 5 nitrogen and oxygen atoms in total. The molecule has 0 atom stereocenters. The summed E-state index contributed by atoms with van der Waals surface area (Å²) in [4.78, 5) is 24.7. The second-order valence-corrected chi connectivity index (χ2v) is 4.13. The minimum Gasteiger partial charge on any atom is -0.271 e. The van der Waals surface area contributed by atoms with Gasteiger partial charge in [-0.05, 0) is 12.1 Å². The lowest BCUT2D eigenvalue weighted by molar-refractivity contribution is -0.141. The van der Waals surface area contributed by atoms with Crippen LogP contribution in [0.4, 0.5) is 19.0 Å². The number of anilines is 1. The maximum Gasteiger partial charge on any atom is 0.432 e. The lowest BCUT2D eigenvalue weighted by Crippen LogP contribution is -2.29. The zero-order valence-corrected chi connectivity index (χ0v) is 9.73. The van der Waals surface area contributed by atoms with Crippen LogP contribution in [0.2, 0.25) is 0 Å². The molecule has 0 radical (unpaired) electrons. The summed E-state index contributed by atoms with van der Waals surface area (Å²) < 4.78 is 37.5. The van der Waals surface area contributed by atoms with Gasteiger partial charge < -0.3 is 0 Å². The van der Waals surface area contributed by atoms with E-state index in [0.717, 1.165) is 0 Å². The number of carbonyl (C=O) groups is 2. The number of nitrogens with one attached hydrogen (secondary N) is 1. The fourth-order valence-electron chi connectivity index (χ4n) is 1.97. The average Bonchev–Trinajstić information content (AvgIpc) is 2.95. The second-order valence-electron chi connectivity index (χ2n) is 4.13. The highest BCUT2D eigenvalue weighted by Crippen LogP contribution is 2.32. The number of halogens is 3. The molecule has 2 amide bonds. The molecule has 20 heavy (non-hydrogen) atoms. The number of rotatable bonds is 1. The highest BCUT2D eigenvalue weighted by atomic mass is 19.4. The van der Waals surface area contributed by atoms with Crippen molar-refractivity contribution in [2.75, 3.05) is 4.90 Å². The second kappa shape index (κ2) is 3.92. The normalized spacial score (nSPS) is 14.8. The van der Waals surface area contributed by atoms with E-state index in [1.807, 2.05) is 0 Å². The van der Waals surface area contributed by atoms with Gasteiger partial charge in [-0.15, -0.1) is 0 Å². The molecule has 0 saturated carbocycles. The fourth-order valence-corrected chi connectivity index (χ4v) is 1.97. The van der Waals surface area contributed by atoms with Crippen molar-refractivity contribution in [3.63, 3.8) is 0 Å².